The van der Waals surface area contributed by atoms with Gasteiger partial charge in [-0.3, -0.25) is 0 Å². The molecule has 0 radical (unpaired) electrons. The Bertz CT molecular complexity index is 583. The maximum absolute atomic E-state index is 11.3. The van der Waals surface area contributed by atoms with Gasteiger partial charge in [0.15, 0.2) is 6.61 Å². The van der Waals surface area contributed by atoms with Gasteiger partial charge in [-0.05, 0) is 13.0 Å². The summed E-state index contributed by atoms with van der Waals surface area (Å²) in [7, 11) is 0. The maximum Gasteiger partial charge on any atom is 0.379 e. The van der Waals surface area contributed by atoms with Crippen molar-refractivity contribution in [3.8, 4) is 6.07 Å². The summed E-state index contributed by atoms with van der Waals surface area (Å²) in [5.41, 5.74) is 0.803. The van der Waals surface area contributed by atoms with Crippen LogP contribution in [0.3, 0.4) is 0 Å². The normalized spacial score (nSPS) is 10.0. The van der Waals surface area contributed by atoms with Gasteiger partial charge in [0.05, 0.1) is 0 Å². The Labute approximate surface area is 90.3 Å². The minimum atomic E-state index is -0.730. The Morgan fingerprint density at radius 2 is 2.50 bits per heavy atom. The first-order valence-electron chi connectivity index (χ1n) is 4.45. The van der Waals surface area contributed by atoms with Crippen molar-refractivity contribution in [2.75, 3.05) is 6.61 Å². The standard InChI is InChI=1S/C9H7N5O2/c1-6-2-4-11-9-12-7(13-14(6)9)8(15)16-5-3-10/h2,4H,5H2,1H3. The van der Waals surface area contributed by atoms with Gasteiger partial charge >= 0.3 is 5.97 Å². The molecule has 0 N–H and O–H groups in total. The lowest BCUT2D eigenvalue weighted by Crippen LogP contribution is -2.07. The molecule has 0 aliphatic carbocycles. The molecule has 0 saturated heterocycles. The van der Waals surface area contributed by atoms with Crippen LogP contribution < -0.4 is 0 Å². The molecule has 0 fully saturated rings. The number of ether oxygens (including phenoxy) is 1. The van der Waals surface area contributed by atoms with Crippen LogP contribution in [0.15, 0.2) is 12.3 Å². The van der Waals surface area contributed by atoms with E-state index in [0.29, 0.717) is 5.78 Å². The number of carbonyl (C=O) groups excluding carboxylic acids is 1. The Kier molecular flexibility index (Phi) is 2.47. The number of rotatable bonds is 2. The number of hydrogen-bond donors (Lipinski definition) is 0. The van der Waals surface area contributed by atoms with Gasteiger partial charge < -0.3 is 4.74 Å². The molecule has 2 heterocycles. The molecule has 2 rings (SSSR count). The molecular formula is C9H7N5O2. The monoisotopic (exact) mass is 217 g/mol. The number of carbonyl (C=O) groups is 1. The lowest BCUT2D eigenvalue weighted by Gasteiger charge is -1.93. The second kappa shape index (κ2) is 3.94. The number of nitriles is 1. The smallest absolute Gasteiger partial charge is 0.379 e. The molecular weight excluding hydrogens is 210 g/mol. The highest BCUT2D eigenvalue weighted by Crippen LogP contribution is 2.02. The Hall–Kier alpha value is -2.49. The van der Waals surface area contributed by atoms with Crippen molar-refractivity contribution in [2.24, 2.45) is 0 Å². The Balaban J connectivity index is 2.37. The second-order valence-corrected chi connectivity index (χ2v) is 2.97. The zero-order chi connectivity index (χ0) is 11.5. The summed E-state index contributed by atoms with van der Waals surface area (Å²) in [5, 5.41) is 12.2. The first-order chi connectivity index (χ1) is 7.72. The quantitative estimate of drug-likeness (QED) is 0.663. The first kappa shape index (κ1) is 10.0. The third-order valence-corrected chi connectivity index (χ3v) is 1.88. The van der Waals surface area contributed by atoms with Crippen molar-refractivity contribution in [3.05, 3.63) is 23.8 Å². The number of aryl methyl sites for hydroxylation is 1. The molecule has 0 spiro atoms. The second-order valence-electron chi connectivity index (χ2n) is 2.97. The van der Waals surface area contributed by atoms with E-state index in [-0.39, 0.29) is 12.4 Å². The molecule has 0 saturated carbocycles. The van der Waals surface area contributed by atoms with Crippen LogP contribution in [0.2, 0.25) is 0 Å². The minimum Gasteiger partial charge on any atom is -0.444 e. The minimum absolute atomic E-state index is 0.1000. The summed E-state index contributed by atoms with van der Waals surface area (Å²) in [4.78, 5) is 19.2. The molecule has 0 aromatic carbocycles. The van der Waals surface area contributed by atoms with Crippen molar-refractivity contribution < 1.29 is 9.53 Å². The predicted octanol–water partition coefficient (Wildman–Crippen LogP) is 0.113. The first-order valence-corrected chi connectivity index (χ1v) is 4.45. The van der Waals surface area contributed by atoms with Gasteiger partial charge in [0.1, 0.15) is 6.07 Å². The molecule has 0 bridgehead atoms. The van der Waals surface area contributed by atoms with Crippen LogP contribution in [0.1, 0.15) is 16.3 Å². The summed E-state index contributed by atoms with van der Waals surface area (Å²) in [6.45, 7) is 1.49. The van der Waals surface area contributed by atoms with Crippen molar-refractivity contribution >= 4 is 11.7 Å². The van der Waals surface area contributed by atoms with Crippen LogP contribution in [-0.4, -0.2) is 32.2 Å². The largest absolute Gasteiger partial charge is 0.444 e. The van der Waals surface area contributed by atoms with Crippen LogP contribution >= 0.6 is 0 Å². The molecule has 0 amide bonds. The summed E-state index contributed by atoms with van der Waals surface area (Å²) in [5.74, 6) is -0.507. The van der Waals surface area contributed by atoms with Crippen molar-refractivity contribution in [1.82, 2.24) is 19.6 Å². The predicted molar refractivity (Wildman–Crippen MR) is 51.4 cm³/mol. The topological polar surface area (TPSA) is 93.2 Å². The third-order valence-electron chi connectivity index (χ3n) is 1.88. The average Bonchev–Trinajstić information content (AvgIpc) is 2.71. The van der Waals surface area contributed by atoms with E-state index in [9.17, 15) is 4.79 Å². The fraction of sp³-hybridized carbons (Fsp3) is 0.222. The van der Waals surface area contributed by atoms with Crippen molar-refractivity contribution in [1.29, 1.82) is 5.26 Å². The molecule has 2 aromatic heterocycles. The highest BCUT2D eigenvalue weighted by atomic mass is 16.5. The average molecular weight is 217 g/mol. The van der Waals surface area contributed by atoms with E-state index in [1.807, 2.05) is 6.92 Å². The van der Waals surface area contributed by atoms with Crippen LogP contribution in [0.4, 0.5) is 0 Å². The summed E-state index contributed by atoms with van der Waals surface area (Å²) in [6.07, 6.45) is 1.57. The lowest BCUT2D eigenvalue weighted by atomic mass is 10.5. The molecule has 0 aliphatic heterocycles. The van der Waals surface area contributed by atoms with E-state index >= 15 is 0 Å². The van der Waals surface area contributed by atoms with Gasteiger partial charge in [0.2, 0.25) is 0 Å². The number of aromatic nitrogens is 4. The lowest BCUT2D eigenvalue weighted by molar-refractivity contribution is 0.0541. The fourth-order valence-electron chi connectivity index (χ4n) is 1.16. The molecule has 7 heteroatoms. The molecule has 0 atom stereocenters. The maximum atomic E-state index is 11.3. The number of fused-ring (bicyclic) bond motifs is 1. The van der Waals surface area contributed by atoms with E-state index in [1.165, 1.54) is 4.52 Å². The number of hydrogen-bond acceptors (Lipinski definition) is 6. The zero-order valence-corrected chi connectivity index (χ0v) is 8.41. The van der Waals surface area contributed by atoms with E-state index in [4.69, 9.17) is 5.26 Å². The van der Waals surface area contributed by atoms with Crippen LogP contribution in [0, 0.1) is 18.3 Å². The SMILES string of the molecule is Cc1ccnc2nc(C(=O)OCC#N)nn12. The molecule has 0 aliphatic rings. The highest BCUT2D eigenvalue weighted by Gasteiger charge is 2.15. The molecule has 16 heavy (non-hydrogen) atoms. The van der Waals surface area contributed by atoms with Gasteiger partial charge in [-0.25, -0.2) is 14.3 Å². The van der Waals surface area contributed by atoms with Gasteiger partial charge in [0.25, 0.3) is 11.6 Å². The fourth-order valence-corrected chi connectivity index (χ4v) is 1.16. The summed E-state index contributed by atoms with van der Waals surface area (Å²) >= 11 is 0. The van der Waals surface area contributed by atoms with E-state index in [1.54, 1.807) is 18.3 Å². The van der Waals surface area contributed by atoms with Crippen LogP contribution in [0.25, 0.3) is 5.78 Å². The van der Waals surface area contributed by atoms with Gasteiger partial charge in [-0.2, -0.15) is 10.2 Å². The molecule has 80 valence electrons. The molecule has 0 unspecified atom stereocenters. The van der Waals surface area contributed by atoms with Gasteiger partial charge in [0, 0.05) is 11.9 Å². The third kappa shape index (κ3) is 1.68. The Morgan fingerprint density at radius 3 is 3.19 bits per heavy atom. The van der Waals surface area contributed by atoms with Crippen molar-refractivity contribution in [3.63, 3.8) is 0 Å². The Morgan fingerprint density at radius 1 is 1.69 bits per heavy atom. The molecule has 2 aromatic rings. The van der Waals surface area contributed by atoms with E-state index in [0.717, 1.165) is 5.69 Å². The highest BCUT2D eigenvalue weighted by molar-refractivity contribution is 5.85. The number of esters is 1. The summed E-state index contributed by atoms with van der Waals surface area (Å²) < 4.78 is 6.01. The van der Waals surface area contributed by atoms with Gasteiger partial charge in [-0.1, -0.05) is 0 Å². The van der Waals surface area contributed by atoms with Gasteiger partial charge in [-0.15, -0.1) is 5.10 Å². The number of nitrogens with zero attached hydrogens (tertiary/aromatic N) is 5. The summed E-state index contributed by atoms with van der Waals surface area (Å²) in [6, 6.07) is 3.43. The van der Waals surface area contributed by atoms with Crippen molar-refractivity contribution in [2.45, 2.75) is 6.92 Å². The van der Waals surface area contributed by atoms with E-state index in [2.05, 4.69) is 19.8 Å². The van der Waals surface area contributed by atoms with Crippen LogP contribution in [0.5, 0.6) is 0 Å². The zero-order valence-electron chi connectivity index (χ0n) is 8.41. The van der Waals surface area contributed by atoms with Crippen LogP contribution in [-0.2, 0) is 4.74 Å². The van der Waals surface area contributed by atoms with E-state index < -0.39 is 5.97 Å². The molecule has 7 nitrogen and oxygen atoms in total.